The van der Waals surface area contributed by atoms with Crippen molar-refractivity contribution >= 4 is 5.91 Å². The number of allylic oxidation sites excluding steroid dienone is 1. The van der Waals surface area contributed by atoms with Crippen LogP contribution >= 0.6 is 0 Å². The van der Waals surface area contributed by atoms with Crippen LogP contribution in [0, 0.1) is 5.92 Å². The number of likely N-dealkylation sites (tertiary alicyclic amines) is 1. The predicted octanol–water partition coefficient (Wildman–Crippen LogP) is 0.687. The highest BCUT2D eigenvalue weighted by atomic mass is 16.3. The van der Waals surface area contributed by atoms with E-state index in [2.05, 4.69) is 0 Å². The zero-order valence-corrected chi connectivity index (χ0v) is 10.1. The van der Waals surface area contributed by atoms with Crippen LogP contribution in [0.3, 0.4) is 0 Å². The minimum absolute atomic E-state index is 0.0700. The normalized spacial score (nSPS) is 34.5. The maximum atomic E-state index is 11.8. The molecule has 1 unspecified atom stereocenters. The average Bonchev–Trinajstić information content (AvgIpc) is 2.67. The first kappa shape index (κ1) is 12.6. The summed E-state index contributed by atoms with van der Waals surface area (Å²) in [6.07, 6.45) is 6.73. The molecule has 1 saturated carbocycles. The summed E-state index contributed by atoms with van der Waals surface area (Å²) in [5.41, 5.74) is 0. The minimum Gasteiger partial charge on any atom is -0.390 e. The second-order valence-electron chi connectivity index (χ2n) is 5.11. The number of carbonyl (C=O) groups excluding carboxylic acids is 1. The van der Waals surface area contributed by atoms with Gasteiger partial charge >= 0.3 is 0 Å². The molecule has 0 aromatic carbocycles. The van der Waals surface area contributed by atoms with Crippen molar-refractivity contribution in [3.63, 3.8) is 0 Å². The molecule has 0 spiro atoms. The standard InChI is InChI=1S/C13H21NO3/c15-11-8-10(9-12(11)16)4-5-13(17)14-6-2-1-3-7-14/h4-5,10-12,15-16H,1-3,6-9H2/b5-4+/t10?,11-,12+. The van der Waals surface area contributed by atoms with E-state index >= 15 is 0 Å². The number of hydrogen-bond donors (Lipinski definition) is 2. The third kappa shape index (κ3) is 3.30. The van der Waals surface area contributed by atoms with Crippen LogP contribution in [-0.4, -0.2) is 46.3 Å². The SMILES string of the molecule is O=C(/C=C/C1C[C@@H](O)[C@@H](O)C1)N1CCCCC1. The topological polar surface area (TPSA) is 60.8 Å². The van der Waals surface area contributed by atoms with Gasteiger partial charge in [0.25, 0.3) is 0 Å². The lowest BCUT2D eigenvalue weighted by atomic mass is 10.1. The number of amides is 1. The number of aliphatic hydroxyl groups excluding tert-OH is 2. The van der Waals surface area contributed by atoms with Crippen LogP contribution in [0.25, 0.3) is 0 Å². The van der Waals surface area contributed by atoms with Crippen molar-refractivity contribution in [3.05, 3.63) is 12.2 Å². The van der Waals surface area contributed by atoms with E-state index in [0.717, 1.165) is 25.9 Å². The lowest BCUT2D eigenvalue weighted by Crippen LogP contribution is -2.34. The number of carbonyl (C=O) groups is 1. The number of hydrogen-bond acceptors (Lipinski definition) is 3. The van der Waals surface area contributed by atoms with Gasteiger partial charge in [0.15, 0.2) is 0 Å². The van der Waals surface area contributed by atoms with Crippen LogP contribution in [0.5, 0.6) is 0 Å². The van der Waals surface area contributed by atoms with E-state index < -0.39 is 12.2 Å². The van der Waals surface area contributed by atoms with Crippen LogP contribution < -0.4 is 0 Å². The molecule has 17 heavy (non-hydrogen) atoms. The fourth-order valence-electron chi connectivity index (χ4n) is 2.63. The van der Waals surface area contributed by atoms with E-state index in [4.69, 9.17) is 0 Å². The van der Waals surface area contributed by atoms with Gasteiger partial charge < -0.3 is 15.1 Å². The summed E-state index contributed by atoms with van der Waals surface area (Å²) in [4.78, 5) is 13.7. The third-order valence-corrected chi connectivity index (χ3v) is 3.71. The summed E-state index contributed by atoms with van der Waals surface area (Å²) in [7, 11) is 0. The predicted molar refractivity (Wildman–Crippen MR) is 64.3 cm³/mol. The second kappa shape index (κ2) is 5.65. The molecule has 96 valence electrons. The van der Waals surface area contributed by atoms with Gasteiger partial charge in [0, 0.05) is 13.1 Å². The molecule has 0 bridgehead atoms. The molecule has 0 radical (unpaired) electrons. The zero-order chi connectivity index (χ0) is 12.3. The minimum atomic E-state index is -0.630. The van der Waals surface area contributed by atoms with Gasteiger partial charge in [-0.25, -0.2) is 0 Å². The van der Waals surface area contributed by atoms with Crippen molar-refractivity contribution in [2.75, 3.05) is 13.1 Å². The first-order valence-corrected chi connectivity index (χ1v) is 6.50. The van der Waals surface area contributed by atoms with Crippen molar-refractivity contribution in [3.8, 4) is 0 Å². The van der Waals surface area contributed by atoms with Crippen LogP contribution in [-0.2, 0) is 4.79 Å². The molecule has 1 heterocycles. The highest BCUT2D eigenvalue weighted by Crippen LogP contribution is 2.27. The maximum Gasteiger partial charge on any atom is 0.246 e. The number of nitrogens with zero attached hydrogens (tertiary/aromatic N) is 1. The van der Waals surface area contributed by atoms with Crippen molar-refractivity contribution in [1.82, 2.24) is 4.90 Å². The quantitative estimate of drug-likeness (QED) is 0.697. The molecule has 1 aliphatic carbocycles. The lowest BCUT2D eigenvalue weighted by Gasteiger charge is -2.25. The van der Waals surface area contributed by atoms with Gasteiger partial charge in [-0.05, 0) is 44.1 Å². The Morgan fingerprint density at radius 2 is 1.65 bits per heavy atom. The van der Waals surface area contributed by atoms with Crippen LogP contribution in [0.4, 0.5) is 0 Å². The molecule has 1 amide bonds. The maximum absolute atomic E-state index is 11.8. The molecular weight excluding hydrogens is 218 g/mol. The Balaban J connectivity index is 1.81. The lowest BCUT2D eigenvalue weighted by molar-refractivity contribution is -0.126. The molecule has 4 nitrogen and oxygen atoms in total. The van der Waals surface area contributed by atoms with E-state index in [-0.39, 0.29) is 11.8 Å². The molecule has 2 N–H and O–H groups in total. The van der Waals surface area contributed by atoms with Crippen molar-refractivity contribution in [2.45, 2.75) is 44.3 Å². The number of aliphatic hydroxyl groups is 2. The Kier molecular flexibility index (Phi) is 4.18. The van der Waals surface area contributed by atoms with E-state index in [9.17, 15) is 15.0 Å². The van der Waals surface area contributed by atoms with Crippen LogP contribution in [0.1, 0.15) is 32.1 Å². The van der Waals surface area contributed by atoms with Gasteiger partial charge in [-0.15, -0.1) is 0 Å². The first-order chi connectivity index (χ1) is 8.16. The van der Waals surface area contributed by atoms with Crippen LogP contribution in [0.2, 0.25) is 0 Å². The zero-order valence-electron chi connectivity index (χ0n) is 10.1. The Hall–Kier alpha value is -0.870. The van der Waals surface area contributed by atoms with E-state index in [1.54, 1.807) is 6.08 Å². The monoisotopic (exact) mass is 239 g/mol. The van der Waals surface area contributed by atoms with E-state index in [1.165, 1.54) is 6.42 Å². The van der Waals surface area contributed by atoms with Gasteiger partial charge in [0.05, 0.1) is 12.2 Å². The van der Waals surface area contributed by atoms with Crippen LogP contribution in [0.15, 0.2) is 12.2 Å². The molecule has 1 aliphatic heterocycles. The Labute approximate surface area is 102 Å². The van der Waals surface area contributed by atoms with Crippen molar-refractivity contribution in [1.29, 1.82) is 0 Å². The largest absolute Gasteiger partial charge is 0.390 e. The Morgan fingerprint density at radius 3 is 2.24 bits per heavy atom. The molecule has 2 aliphatic rings. The molecule has 1 saturated heterocycles. The molecule has 2 fully saturated rings. The summed E-state index contributed by atoms with van der Waals surface area (Å²) in [5.74, 6) is 0.203. The average molecular weight is 239 g/mol. The summed E-state index contributed by atoms with van der Waals surface area (Å²) in [6.45, 7) is 1.72. The van der Waals surface area contributed by atoms with Gasteiger partial charge in [0.2, 0.25) is 5.91 Å². The molecule has 0 aromatic heterocycles. The number of piperidine rings is 1. The summed E-state index contributed by atoms with van der Waals surface area (Å²) >= 11 is 0. The third-order valence-electron chi connectivity index (χ3n) is 3.71. The number of rotatable bonds is 2. The molecule has 0 aromatic rings. The second-order valence-corrected chi connectivity index (χ2v) is 5.11. The van der Waals surface area contributed by atoms with Gasteiger partial charge in [-0.1, -0.05) is 6.08 Å². The molecule has 3 atom stereocenters. The van der Waals surface area contributed by atoms with Crippen molar-refractivity contribution in [2.24, 2.45) is 5.92 Å². The van der Waals surface area contributed by atoms with Crippen molar-refractivity contribution < 1.29 is 15.0 Å². The van der Waals surface area contributed by atoms with E-state index in [0.29, 0.717) is 12.8 Å². The van der Waals surface area contributed by atoms with Gasteiger partial charge in [0.1, 0.15) is 0 Å². The van der Waals surface area contributed by atoms with E-state index in [1.807, 2.05) is 11.0 Å². The summed E-state index contributed by atoms with van der Waals surface area (Å²) in [5, 5.41) is 18.8. The fraction of sp³-hybridized carbons (Fsp3) is 0.769. The molecular formula is C13H21NO3. The summed E-state index contributed by atoms with van der Waals surface area (Å²) < 4.78 is 0. The highest BCUT2D eigenvalue weighted by Gasteiger charge is 2.29. The Morgan fingerprint density at radius 1 is 1.06 bits per heavy atom. The fourth-order valence-corrected chi connectivity index (χ4v) is 2.63. The molecule has 4 heteroatoms. The summed E-state index contributed by atoms with van der Waals surface area (Å²) in [6, 6.07) is 0. The first-order valence-electron chi connectivity index (χ1n) is 6.50. The van der Waals surface area contributed by atoms with Gasteiger partial charge in [-0.3, -0.25) is 4.79 Å². The smallest absolute Gasteiger partial charge is 0.246 e. The van der Waals surface area contributed by atoms with Gasteiger partial charge in [-0.2, -0.15) is 0 Å². The Bertz CT molecular complexity index is 287. The molecule has 2 rings (SSSR count). The highest BCUT2D eigenvalue weighted by molar-refractivity contribution is 5.87.